The molecule has 0 spiro atoms. The summed E-state index contributed by atoms with van der Waals surface area (Å²) in [5.74, 6) is 0.369. The molecule has 2 heterocycles. The Morgan fingerprint density at radius 2 is 1.88 bits per heavy atom. The minimum Gasteiger partial charge on any atom is -0.437 e. The Balaban J connectivity index is 1.70. The van der Waals surface area contributed by atoms with Crippen LogP contribution in [0.1, 0.15) is 10.4 Å². The van der Waals surface area contributed by atoms with E-state index in [-0.39, 0.29) is 16.6 Å². The van der Waals surface area contributed by atoms with Crippen LogP contribution >= 0.6 is 34.8 Å². The third kappa shape index (κ3) is 4.39. The number of nitrogens with zero attached hydrogens (tertiary/aromatic N) is 2. The van der Waals surface area contributed by atoms with Gasteiger partial charge in [-0.2, -0.15) is 0 Å². The van der Waals surface area contributed by atoms with Crippen molar-refractivity contribution in [3.05, 3.63) is 75.6 Å². The van der Waals surface area contributed by atoms with Gasteiger partial charge in [-0.3, -0.25) is 4.79 Å². The smallest absolute Gasteiger partial charge is 0.258 e. The normalized spacial score (nSPS) is 10.4. The number of pyridine rings is 2. The Bertz CT molecular complexity index is 917. The van der Waals surface area contributed by atoms with Gasteiger partial charge in [0.05, 0.1) is 22.5 Å². The van der Waals surface area contributed by atoms with Crippen molar-refractivity contribution >= 4 is 46.4 Å². The van der Waals surface area contributed by atoms with Crippen molar-refractivity contribution in [3.8, 4) is 11.6 Å². The fourth-order valence-electron chi connectivity index (χ4n) is 1.94. The highest BCUT2D eigenvalue weighted by atomic mass is 35.5. The van der Waals surface area contributed by atoms with Gasteiger partial charge in [-0.25, -0.2) is 9.97 Å². The van der Waals surface area contributed by atoms with Crippen LogP contribution < -0.4 is 10.1 Å². The number of halogens is 3. The molecule has 0 fully saturated rings. The van der Waals surface area contributed by atoms with Crippen LogP contribution in [0.5, 0.6) is 11.6 Å². The second-order valence-electron chi connectivity index (χ2n) is 4.86. The minimum absolute atomic E-state index is 0.130. The van der Waals surface area contributed by atoms with Crippen molar-refractivity contribution in [2.24, 2.45) is 0 Å². The highest BCUT2D eigenvalue weighted by molar-refractivity contribution is 6.35. The molecule has 0 aliphatic carbocycles. The molecule has 0 bridgehead atoms. The summed E-state index contributed by atoms with van der Waals surface area (Å²) < 4.78 is 5.58. The van der Waals surface area contributed by atoms with Gasteiger partial charge in [0.2, 0.25) is 5.88 Å². The van der Waals surface area contributed by atoms with Crippen molar-refractivity contribution in [1.29, 1.82) is 0 Å². The van der Waals surface area contributed by atoms with Gasteiger partial charge in [-0.1, -0.05) is 34.8 Å². The largest absolute Gasteiger partial charge is 0.437 e. The maximum Gasteiger partial charge on any atom is 0.258 e. The summed E-state index contributed by atoms with van der Waals surface area (Å²) in [7, 11) is 0. The first kappa shape index (κ1) is 17.5. The molecule has 3 aromatic rings. The van der Waals surface area contributed by atoms with E-state index in [0.717, 1.165) is 0 Å². The Kier molecular flexibility index (Phi) is 5.38. The summed E-state index contributed by atoms with van der Waals surface area (Å²) in [6.45, 7) is 0. The number of anilines is 1. The molecule has 3 rings (SSSR count). The molecule has 1 N–H and O–H groups in total. The quantitative estimate of drug-likeness (QED) is 0.595. The van der Waals surface area contributed by atoms with Crippen molar-refractivity contribution in [2.45, 2.75) is 0 Å². The summed E-state index contributed by atoms with van der Waals surface area (Å²) in [5.41, 5.74) is 0.761. The van der Waals surface area contributed by atoms with Gasteiger partial charge in [0.15, 0.2) is 0 Å². The molecule has 25 heavy (non-hydrogen) atoms. The topological polar surface area (TPSA) is 64.1 Å². The van der Waals surface area contributed by atoms with Gasteiger partial charge in [0.25, 0.3) is 5.91 Å². The van der Waals surface area contributed by atoms with Crippen LogP contribution in [0.3, 0.4) is 0 Å². The van der Waals surface area contributed by atoms with Gasteiger partial charge in [-0.05, 0) is 36.4 Å². The van der Waals surface area contributed by atoms with Crippen LogP contribution in [0.4, 0.5) is 5.69 Å². The number of nitrogens with one attached hydrogen (secondary N) is 1. The van der Waals surface area contributed by atoms with Crippen LogP contribution in [0.15, 0.2) is 54.9 Å². The van der Waals surface area contributed by atoms with E-state index >= 15 is 0 Å². The molecule has 5 nitrogen and oxygen atoms in total. The first-order valence-corrected chi connectivity index (χ1v) is 8.17. The molecule has 0 saturated heterocycles. The molecule has 0 atom stereocenters. The van der Waals surface area contributed by atoms with Crippen LogP contribution in [-0.4, -0.2) is 15.9 Å². The highest BCUT2D eigenvalue weighted by Gasteiger charge is 2.11. The lowest BCUT2D eigenvalue weighted by Gasteiger charge is -2.09. The predicted molar refractivity (Wildman–Crippen MR) is 98.0 cm³/mol. The maximum atomic E-state index is 12.2. The number of carbonyl (C=O) groups is 1. The van der Waals surface area contributed by atoms with Crippen LogP contribution in [0.25, 0.3) is 0 Å². The van der Waals surface area contributed by atoms with E-state index in [1.165, 1.54) is 12.4 Å². The average Bonchev–Trinajstić information content (AvgIpc) is 2.59. The van der Waals surface area contributed by atoms with E-state index in [1.807, 2.05) is 0 Å². The number of aromatic nitrogens is 2. The monoisotopic (exact) mass is 393 g/mol. The Hall–Kier alpha value is -2.34. The number of hydrogen-bond donors (Lipinski definition) is 1. The number of amides is 1. The van der Waals surface area contributed by atoms with Crippen molar-refractivity contribution < 1.29 is 9.53 Å². The number of ether oxygens (including phenoxy) is 1. The highest BCUT2D eigenvalue weighted by Crippen LogP contribution is 2.31. The molecule has 126 valence electrons. The van der Waals surface area contributed by atoms with E-state index in [9.17, 15) is 4.79 Å². The first-order valence-electron chi connectivity index (χ1n) is 7.04. The van der Waals surface area contributed by atoms with E-state index in [2.05, 4.69) is 15.3 Å². The maximum absolute atomic E-state index is 12.2. The Morgan fingerprint density at radius 3 is 2.56 bits per heavy atom. The van der Waals surface area contributed by atoms with Gasteiger partial charge < -0.3 is 10.1 Å². The van der Waals surface area contributed by atoms with Gasteiger partial charge >= 0.3 is 0 Å². The minimum atomic E-state index is -0.380. The molecule has 0 radical (unpaired) electrons. The molecule has 8 heteroatoms. The standard InChI is InChI=1S/C17H10Cl3N3O2/c18-10-3-5-14(13(19)8-10)25-15-6-4-11(9-22-15)23-17(24)12-2-1-7-21-16(12)20/h1-9H,(H,23,24). The summed E-state index contributed by atoms with van der Waals surface area (Å²) in [6.07, 6.45) is 2.97. The SMILES string of the molecule is O=C(Nc1ccc(Oc2ccc(Cl)cc2Cl)nc1)c1cccnc1Cl. The zero-order valence-electron chi connectivity index (χ0n) is 12.5. The average molecular weight is 395 g/mol. The summed E-state index contributed by atoms with van der Waals surface area (Å²) in [4.78, 5) is 20.2. The molecule has 0 unspecified atom stereocenters. The van der Waals surface area contributed by atoms with Crippen LogP contribution in [-0.2, 0) is 0 Å². The lowest BCUT2D eigenvalue weighted by molar-refractivity contribution is 0.102. The molecule has 0 aliphatic rings. The number of rotatable bonds is 4. The fraction of sp³-hybridized carbons (Fsp3) is 0. The van der Waals surface area contributed by atoms with E-state index in [4.69, 9.17) is 39.5 Å². The lowest BCUT2D eigenvalue weighted by Crippen LogP contribution is -2.13. The summed E-state index contributed by atoms with van der Waals surface area (Å²) >= 11 is 17.8. The van der Waals surface area contributed by atoms with Gasteiger partial charge in [0, 0.05) is 17.3 Å². The van der Waals surface area contributed by atoms with Crippen molar-refractivity contribution in [3.63, 3.8) is 0 Å². The zero-order valence-corrected chi connectivity index (χ0v) is 14.8. The summed E-state index contributed by atoms with van der Waals surface area (Å²) in [6, 6.07) is 11.3. The first-order chi connectivity index (χ1) is 12.0. The number of carbonyl (C=O) groups excluding carboxylic acids is 1. The Morgan fingerprint density at radius 1 is 1.04 bits per heavy atom. The molecular weight excluding hydrogens is 385 g/mol. The number of hydrogen-bond acceptors (Lipinski definition) is 4. The lowest BCUT2D eigenvalue weighted by atomic mass is 10.2. The molecule has 1 aromatic carbocycles. The third-order valence-electron chi connectivity index (χ3n) is 3.11. The van der Waals surface area contributed by atoms with Crippen LogP contribution in [0, 0.1) is 0 Å². The van der Waals surface area contributed by atoms with Crippen molar-refractivity contribution in [2.75, 3.05) is 5.32 Å². The predicted octanol–water partition coefficient (Wildman–Crippen LogP) is 5.48. The molecule has 2 aromatic heterocycles. The Labute approximate surface area is 158 Å². The molecular formula is C17H10Cl3N3O2. The van der Waals surface area contributed by atoms with Crippen molar-refractivity contribution in [1.82, 2.24) is 9.97 Å². The van der Waals surface area contributed by atoms with E-state index in [0.29, 0.717) is 27.4 Å². The fourth-order valence-corrected chi connectivity index (χ4v) is 2.59. The second-order valence-corrected chi connectivity index (χ2v) is 6.06. The van der Waals surface area contributed by atoms with E-state index in [1.54, 1.807) is 42.5 Å². The molecule has 1 amide bonds. The number of benzene rings is 1. The zero-order chi connectivity index (χ0) is 17.8. The van der Waals surface area contributed by atoms with E-state index < -0.39 is 0 Å². The van der Waals surface area contributed by atoms with Crippen LogP contribution in [0.2, 0.25) is 15.2 Å². The van der Waals surface area contributed by atoms with Gasteiger partial charge in [0.1, 0.15) is 10.9 Å². The second kappa shape index (κ2) is 7.70. The summed E-state index contributed by atoms with van der Waals surface area (Å²) in [5, 5.41) is 3.70. The molecule has 0 saturated carbocycles. The third-order valence-corrected chi connectivity index (χ3v) is 3.94. The molecule has 0 aliphatic heterocycles. The van der Waals surface area contributed by atoms with Gasteiger partial charge in [-0.15, -0.1) is 0 Å².